The van der Waals surface area contributed by atoms with Crippen LogP contribution in [-0.2, 0) is 16.6 Å². The van der Waals surface area contributed by atoms with E-state index in [4.69, 9.17) is 21.6 Å². The maximum absolute atomic E-state index is 13.0. The monoisotopic (exact) mass is 440 g/mol. The van der Waals surface area contributed by atoms with E-state index < -0.39 is 16.0 Å². The number of rotatable bonds is 6. The summed E-state index contributed by atoms with van der Waals surface area (Å²) in [4.78, 5) is 12.5. The molecule has 0 spiro atoms. The Morgan fingerprint density at radius 1 is 1.07 bits per heavy atom. The first-order chi connectivity index (χ1) is 14.3. The second-order valence-electron chi connectivity index (χ2n) is 6.41. The Hall–Kier alpha value is -3.18. The fraction of sp³-hybridized carbons (Fsp3) is 0.0909. The van der Waals surface area contributed by atoms with Crippen LogP contribution >= 0.6 is 11.6 Å². The average molecular weight is 441 g/mol. The highest BCUT2D eigenvalue weighted by atomic mass is 35.5. The van der Waals surface area contributed by atoms with E-state index in [1.54, 1.807) is 0 Å². The zero-order chi connectivity index (χ0) is 21.7. The van der Waals surface area contributed by atoms with Gasteiger partial charge in [-0.15, -0.1) is 0 Å². The molecular weight excluding hydrogens is 424 g/mol. The molecule has 8 heteroatoms. The number of nitrogens with zero attached hydrogens (tertiary/aromatic N) is 2. The number of carbonyl (C=O) groups is 1. The zero-order valence-electron chi connectivity index (χ0n) is 15.9. The normalized spacial score (nSPS) is 11.1. The predicted molar refractivity (Wildman–Crippen MR) is 113 cm³/mol. The van der Waals surface area contributed by atoms with E-state index in [0.29, 0.717) is 5.56 Å². The van der Waals surface area contributed by atoms with Crippen LogP contribution in [0.4, 0.5) is 0 Å². The molecule has 0 amide bonds. The first-order valence-corrected chi connectivity index (χ1v) is 10.7. The minimum Gasteiger partial charge on any atom is -0.423 e. The molecule has 0 aliphatic carbocycles. The van der Waals surface area contributed by atoms with Crippen molar-refractivity contribution < 1.29 is 17.9 Å². The Morgan fingerprint density at radius 3 is 2.37 bits per heavy atom. The molecule has 3 aromatic rings. The van der Waals surface area contributed by atoms with Crippen LogP contribution in [0.1, 0.15) is 21.5 Å². The molecular formula is C22H17ClN2O4S. The highest BCUT2D eigenvalue weighted by molar-refractivity contribution is 7.89. The lowest BCUT2D eigenvalue weighted by Crippen LogP contribution is -2.26. The minimum absolute atomic E-state index is 0.0679. The summed E-state index contributed by atoms with van der Waals surface area (Å²) in [5.41, 5.74) is 1.18. The predicted octanol–water partition coefficient (Wildman–Crippen LogP) is 4.25. The molecule has 0 aromatic heterocycles. The molecule has 0 saturated carbocycles. The Balaban J connectivity index is 1.84. The number of sulfonamides is 1. The second kappa shape index (κ2) is 9.09. The Bertz CT molecular complexity index is 1200. The van der Waals surface area contributed by atoms with Crippen molar-refractivity contribution in [3.63, 3.8) is 0 Å². The van der Waals surface area contributed by atoms with Crippen molar-refractivity contribution >= 4 is 27.6 Å². The van der Waals surface area contributed by atoms with Crippen LogP contribution in [-0.4, -0.2) is 25.7 Å². The van der Waals surface area contributed by atoms with Crippen LogP contribution in [0.5, 0.6) is 5.75 Å². The van der Waals surface area contributed by atoms with Gasteiger partial charge in [0.05, 0.1) is 27.1 Å². The van der Waals surface area contributed by atoms with Gasteiger partial charge in [-0.1, -0.05) is 41.9 Å². The van der Waals surface area contributed by atoms with E-state index >= 15 is 0 Å². The number of hydrogen-bond donors (Lipinski definition) is 0. The minimum atomic E-state index is -3.86. The molecule has 0 fully saturated rings. The lowest BCUT2D eigenvalue weighted by atomic mass is 10.2. The van der Waals surface area contributed by atoms with Gasteiger partial charge in [0.1, 0.15) is 5.75 Å². The third kappa shape index (κ3) is 4.86. The van der Waals surface area contributed by atoms with Gasteiger partial charge in [0.15, 0.2) is 0 Å². The molecule has 0 saturated heterocycles. The molecule has 0 radical (unpaired) electrons. The fourth-order valence-corrected chi connectivity index (χ4v) is 4.07. The first-order valence-electron chi connectivity index (χ1n) is 8.83. The molecule has 152 valence electrons. The van der Waals surface area contributed by atoms with Gasteiger partial charge >= 0.3 is 5.97 Å². The fourth-order valence-electron chi connectivity index (χ4n) is 2.69. The maximum Gasteiger partial charge on any atom is 0.345 e. The summed E-state index contributed by atoms with van der Waals surface area (Å²) < 4.78 is 32.4. The standard InChI is InChI=1S/C22H17ClN2O4S/c1-25(15-17-5-3-2-4-6-17)30(27,28)19-11-12-21(23)20(13-19)22(26)29-18-9-7-16(14-24)8-10-18/h2-13H,15H2,1H3. The van der Waals surface area contributed by atoms with Gasteiger partial charge in [-0.25, -0.2) is 13.2 Å². The molecule has 0 atom stereocenters. The summed E-state index contributed by atoms with van der Waals surface area (Å²) in [6, 6.07) is 21.0. The van der Waals surface area contributed by atoms with Crippen LogP contribution in [0.25, 0.3) is 0 Å². The van der Waals surface area contributed by atoms with Gasteiger partial charge in [0.2, 0.25) is 10.0 Å². The summed E-state index contributed by atoms with van der Waals surface area (Å²) in [7, 11) is -2.40. The first kappa shape index (κ1) is 21.5. The summed E-state index contributed by atoms with van der Waals surface area (Å²) in [6.07, 6.45) is 0. The molecule has 3 rings (SSSR count). The lowest BCUT2D eigenvalue weighted by molar-refractivity contribution is 0.0734. The largest absolute Gasteiger partial charge is 0.423 e. The van der Waals surface area contributed by atoms with E-state index in [-0.39, 0.29) is 27.8 Å². The van der Waals surface area contributed by atoms with Crippen molar-refractivity contribution in [3.05, 3.63) is 94.5 Å². The van der Waals surface area contributed by atoms with E-state index in [0.717, 1.165) is 5.56 Å². The molecule has 0 N–H and O–H groups in total. The molecule has 0 aliphatic heterocycles. The van der Waals surface area contributed by atoms with E-state index in [9.17, 15) is 13.2 Å². The molecule has 0 heterocycles. The molecule has 0 unspecified atom stereocenters. The number of hydrogen-bond acceptors (Lipinski definition) is 5. The van der Waals surface area contributed by atoms with Gasteiger partial charge < -0.3 is 4.74 Å². The van der Waals surface area contributed by atoms with Gasteiger partial charge in [-0.3, -0.25) is 0 Å². The quantitative estimate of drug-likeness (QED) is 0.422. The Labute approximate surface area is 179 Å². The summed E-state index contributed by atoms with van der Waals surface area (Å²) in [5, 5.41) is 8.90. The molecule has 0 bridgehead atoms. The van der Waals surface area contributed by atoms with Crippen LogP contribution in [0.15, 0.2) is 77.7 Å². The molecule has 30 heavy (non-hydrogen) atoms. The van der Waals surface area contributed by atoms with Gasteiger partial charge in [-0.2, -0.15) is 9.57 Å². The number of halogens is 1. The number of nitriles is 1. The topological polar surface area (TPSA) is 87.5 Å². The van der Waals surface area contributed by atoms with Crippen molar-refractivity contribution in [2.75, 3.05) is 7.05 Å². The third-order valence-electron chi connectivity index (χ3n) is 4.31. The van der Waals surface area contributed by atoms with Crippen LogP contribution in [0, 0.1) is 11.3 Å². The number of ether oxygens (including phenoxy) is 1. The summed E-state index contributed by atoms with van der Waals surface area (Å²) in [6.45, 7) is 0.177. The van der Waals surface area contributed by atoms with E-state index in [2.05, 4.69) is 0 Å². The van der Waals surface area contributed by atoms with Crippen molar-refractivity contribution in [2.45, 2.75) is 11.4 Å². The number of esters is 1. The van der Waals surface area contributed by atoms with Crippen molar-refractivity contribution in [2.24, 2.45) is 0 Å². The molecule has 3 aromatic carbocycles. The second-order valence-corrected chi connectivity index (χ2v) is 8.87. The van der Waals surface area contributed by atoms with Crippen LogP contribution in [0.3, 0.4) is 0 Å². The average Bonchev–Trinajstić information content (AvgIpc) is 2.75. The lowest BCUT2D eigenvalue weighted by Gasteiger charge is -2.18. The zero-order valence-corrected chi connectivity index (χ0v) is 17.5. The Morgan fingerprint density at radius 2 is 1.73 bits per heavy atom. The third-order valence-corrected chi connectivity index (χ3v) is 6.44. The van der Waals surface area contributed by atoms with Crippen LogP contribution in [0.2, 0.25) is 5.02 Å². The smallest absolute Gasteiger partial charge is 0.345 e. The van der Waals surface area contributed by atoms with E-state index in [1.807, 2.05) is 36.4 Å². The highest BCUT2D eigenvalue weighted by Gasteiger charge is 2.24. The van der Waals surface area contributed by atoms with Gasteiger partial charge in [-0.05, 0) is 48.0 Å². The van der Waals surface area contributed by atoms with Crippen LogP contribution < -0.4 is 4.74 Å². The summed E-state index contributed by atoms with van der Waals surface area (Å²) in [5.74, 6) is -0.586. The number of carbonyl (C=O) groups excluding carboxylic acids is 1. The Kier molecular flexibility index (Phi) is 6.53. The van der Waals surface area contributed by atoms with Gasteiger partial charge in [0, 0.05) is 13.6 Å². The maximum atomic E-state index is 13.0. The van der Waals surface area contributed by atoms with E-state index in [1.165, 1.54) is 53.8 Å². The summed E-state index contributed by atoms with van der Waals surface area (Å²) >= 11 is 6.11. The molecule has 6 nitrogen and oxygen atoms in total. The molecule has 0 aliphatic rings. The van der Waals surface area contributed by atoms with Gasteiger partial charge in [0.25, 0.3) is 0 Å². The number of benzene rings is 3. The van der Waals surface area contributed by atoms with Crippen molar-refractivity contribution in [3.8, 4) is 11.8 Å². The van der Waals surface area contributed by atoms with Crippen molar-refractivity contribution in [1.82, 2.24) is 4.31 Å². The highest BCUT2D eigenvalue weighted by Crippen LogP contribution is 2.25. The van der Waals surface area contributed by atoms with Crippen molar-refractivity contribution in [1.29, 1.82) is 5.26 Å². The SMILES string of the molecule is CN(Cc1ccccc1)S(=O)(=O)c1ccc(Cl)c(C(=O)Oc2ccc(C#N)cc2)c1.